The molecule has 1 spiro atoms. The fraction of sp³-hybridized carbons (Fsp3) is 0.487. The lowest BCUT2D eigenvalue weighted by atomic mass is 9.70. The van der Waals surface area contributed by atoms with Gasteiger partial charge in [-0.3, -0.25) is 19.2 Å². The normalized spacial score (nSPS) is 25.2. The van der Waals surface area contributed by atoms with Crippen LogP contribution in [0.3, 0.4) is 0 Å². The van der Waals surface area contributed by atoms with Crippen molar-refractivity contribution >= 4 is 51.0 Å². The van der Waals surface area contributed by atoms with Crippen LogP contribution in [0.1, 0.15) is 51.1 Å². The Balaban J connectivity index is 1.47. The molecule has 11 nitrogen and oxygen atoms in total. The van der Waals surface area contributed by atoms with E-state index in [4.69, 9.17) is 9.47 Å². The van der Waals surface area contributed by atoms with Crippen molar-refractivity contribution in [3.63, 3.8) is 0 Å². The number of rotatable bonds is 18. The van der Waals surface area contributed by atoms with Crippen LogP contribution in [0.4, 0.5) is 11.4 Å². The van der Waals surface area contributed by atoms with Crippen LogP contribution < -0.4 is 15.1 Å². The Morgan fingerprint density at radius 1 is 1.10 bits per heavy atom. The van der Waals surface area contributed by atoms with Gasteiger partial charge in [0.15, 0.2) is 0 Å². The molecule has 5 rings (SSSR count). The highest BCUT2D eigenvalue weighted by molar-refractivity contribution is 9.09. The summed E-state index contributed by atoms with van der Waals surface area (Å²) in [7, 11) is 0. The number of carbonyl (C=O) groups excluding carboxylic acids is 4. The Bertz CT molecular complexity index is 1570. The minimum absolute atomic E-state index is 0.0984. The van der Waals surface area contributed by atoms with Gasteiger partial charge in [0.2, 0.25) is 11.8 Å². The number of carbonyl (C=O) groups is 4. The van der Waals surface area contributed by atoms with Gasteiger partial charge in [-0.2, -0.15) is 0 Å². The average molecular weight is 766 g/mol. The van der Waals surface area contributed by atoms with Gasteiger partial charge in [0.05, 0.1) is 24.0 Å². The monoisotopic (exact) mass is 764 g/mol. The van der Waals surface area contributed by atoms with Crippen LogP contribution in [0.15, 0.2) is 79.9 Å². The Morgan fingerprint density at radius 2 is 1.78 bits per heavy atom. The van der Waals surface area contributed by atoms with Crippen molar-refractivity contribution in [3.05, 3.63) is 85.5 Å². The van der Waals surface area contributed by atoms with E-state index >= 15 is 0 Å². The lowest BCUT2D eigenvalue weighted by Crippen LogP contribution is -2.57. The predicted octanol–water partition coefficient (Wildman–Crippen LogP) is 4.55. The molecule has 51 heavy (non-hydrogen) atoms. The minimum Gasteiger partial charge on any atom is -0.463 e. The summed E-state index contributed by atoms with van der Waals surface area (Å²) < 4.78 is 12.3. The van der Waals surface area contributed by atoms with Gasteiger partial charge >= 0.3 is 5.97 Å². The number of benzene rings is 2. The molecular weight excluding hydrogens is 716 g/mol. The molecule has 12 heteroatoms. The predicted molar refractivity (Wildman–Crippen MR) is 199 cm³/mol. The summed E-state index contributed by atoms with van der Waals surface area (Å²) in [6.07, 6.45) is 3.84. The number of aliphatic hydroxyl groups is 1. The zero-order valence-corrected chi connectivity index (χ0v) is 31.0. The van der Waals surface area contributed by atoms with E-state index in [1.807, 2.05) is 54.6 Å². The van der Waals surface area contributed by atoms with Gasteiger partial charge < -0.3 is 34.6 Å². The van der Waals surface area contributed by atoms with Crippen molar-refractivity contribution in [1.29, 1.82) is 0 Å². The summed E-state index contributed by atoms with van der Waals surface area (Å²) in [5.74, 6) is -3.39. The van der Waals surface area contributed by atoms with Gasteiger partial charge in [-0.05, 0) is 62.9 Å². The molecule has 2 aromatic carbocycles. The number of alkyl halides is 1. The first kappa shape index (κ1) is 38.2. The fourth-order valence-electron chi connectivity index (χ4n) is 7.86. The zero-order valence-electron chi connectivity index (χ0n) is 29.4. The van der Waals surface area contributed by atoms with Gasteiger partial charge in [-0.25, -0.2) is 0 Å². The first-order valence-corrected chi connectivity index (χ1v) is 18.7. The summed E-state index contributed by atoms with van der Waals surface area (Å²) in [4.78, 5) is 61.1. The molecule has 3 heterocycles. The first-order valence-electron chi connectivity index (χ1n) is 17.8. The van der Waals surface area contributed by atoms with Crippen LogP contribution in [-0.4, -0.2) is 95.7 Å². The van der Waals surface area contributed by atoms with Gasteiger partial charge in [0.25, 0.3) is 5.91 Å². The van der Waals surface area contributed by atoms with Crippen LogP contribution in [0.25, 0.3) is 0 Å². The third-order valence-corrected chi connectivity index (χ3v) is 11.1. The number of esters is 1. The van der Waals surface area contributed by atoms with Gasteiger partial charge in [-0.1, -0.05) is 58.4 Å². The van der Waals surface area contributed by atoms with Gasteiger partial charge in [0.1, 0.15) is 18.2 Å². The number of aliphatic hydroxyl groups excluding tert-OH is 1. The summed E-state index contributed by atoms with van der Waals surface area (Å²) in [5.41, 5.74) is 1.13. The molecule has 0 saturated carbocycles. The third kappa shape index (κ3) is 7.64. The maximum Gasteiger partial charge on any atom is 0.306 e. The molecule has 0 aromatic heterocycles. The molecule has 2 bridgehead atoms. The number of allylic oxidation sites excluding steroid dienone is 1. The molecular formula is C39H49BrN4O7. The molecule has 2 N–H and O–H groups in total. The van der Waals surface area contributed by atoms with Crippen LogP contribution in [0, 0.1) is 11.8 Å². The molecule has 3 saturated heterocycles. The van der Waals surface area contributed by atoms with E-state index in [1.54, 1.807) is 17.1 Å². The molecule has 0 radical (unpaired) electrons. The highest BCUT2D eigenvalue weighted by Gasteiger charge is 2.76. The van der Waals surface area contributed by atoms with Crippen LogP contribution in [0.2, 0.25) is 0 Å². The SMILES string of the molecule is C=CCCC(=O)OC[C@@H](NC(=O)[C@@H]1[C@H]2O[C@@]3(CC2Br)[C@H](C(=O)N(CC=C)c2ccc(N(CC)CC)cc2)N(CCCO)C(=O)[C@@H]13)c1ccccc1. The lowest BCUT2D eigenvalue weighted by molar-refractivity contribution is -0.145. The van der Waals surface area contributed by atoms with Crippen molar-refractivity contribution < 1.29 is 33.8 Å². The second-order valence-electron chi connectivity index (χ2n) is 13.2. The minimum atomic E-state index is -1.29. The van der Waals surface area contributed by atoms with Crippen LogP contribution in [-0.2, 0) is 28.7 Å². The van der Waals surface area contributed by atoms with Crippen molar-refractivity contribution in [2.45, 2.75) is 68.1 Å². The lowest BCUT2D eigenvalue weighted by Gasteiger charge is -2.37. The summed E-state index contributed by atoms with van der Waals surface area (Å²) in [5, 5.41) is 12.8. The number of halogens is 1. The Labute approximate surface area is 308 Å². The smallest absolute Gasteiger partial charge is 0.306 e. The Hall–Kier alpha value is -4.00. The maximum absolute atomic E-state index is 14.8. The van der Waals surface area contributed by atoms with E-state index in [9.17, 15) is 24.3 Å². The number of anilines is 2. The number of likely N-dealkylation sites (tertiary alicyclic amines) is 1. The molecule has 3 fully saturated rings. The van der Waals surface area contributed by atoms with E-state index < -0.39 is 47.5 Å². The number of fused-ring (bicyclic) bond motifs is 1. The molecule has 2 aromatic rings. The van der Waals surface area contributed by atoms with Crippen molar-refractivity contribution in [3.8, 4) is 0 Å². The second-order valence-corrected chi connectivity index (χ2v) is 14.4. The van der Waals surface area contributed by atoms with Gasteiger partial charge in [0, 0.05) is 55.4 Å². The van der Waals surface area contributed by atoms with E-state index in [1.165, 1.54) is 4.90 Å². The second kappa shape index (κ2) is 17.0. The summed E-state index contributed by atoms with van der Waals surface area (Å²) in [6, 6.07) is 15.2. The van der Waals surface area contributed by atoms with Crippen molar-refractivity contribution in [1.82, 2.24) is 10.2 Å². The maximum atomic E-state index is 14.8. The molecule has 3 amide bonds. The largest absolute Gasteiger partial charge is 0.463 e. The average Bonchev–Trinajstić information content (AvgIpc) is 3.74. The Kier molecular flexibility index (Phi) is 12.8. The standard InChI is InChI=1S/C39H49BrN4O7/c1-5-9-16-31(46)50-25-30(26-14-11-10-12-15-26)41-36(47)32-33-37(48)44(22-13-23-45)35(39(33)24-29(40)34(32)51-39)38(49)43(21-6-2)28-19-17-27(18-20-28)42(7-3)8-4/h5-6,10-12,14-15,17-20,29-30,32-35,45H,1-2,7-9,13,16,21-25H2,3-4H3,(H,41,47)/t29?,30-,32+,33-,34+,35+,39-/m1/s1. The quantitative estimate of drug-likeness (QED) is 0.129. The summed E-state index contributed by atoms with van der Waals surface area (Å²) >= 11 is 3.74. The topological polar surface area (TPSA) is 129 Å². The number of nitrogens with zero attached hydrogens (tertiary/aromatic N) is 3. The van der Waals surface area contributed by atoms with Crippen molar-refractivity contribution in [2.24, 2.45) is 11.8 Å². The highest BCUT2D eigenvalue weighted by atomic mass is 79.9. The van der Waals surface area contributed by atoms with E-state index in [-0.39, 0.29) is 55.8 Å². The Morgan fingerprint density at radius 3 is 2.41 bits per heavy atom. The number of nitrogens with one attached hydrogen (secondary N) is 1. The van der Waals surface area contributed by atoms with Crippen LogP contribution in [0.5, 0.6) is 0 Å². The molecule has 0 aliphatic carbocycles. The van der Waals surface area contributed by atoms with E-state index in [0.717, 1.165) is 24.3 Å². The number of amides is 3. The molecule has 3 aliphatic heterocycles. The molecule has 3 aliphatic rings. The van der Waals surface area contributed by atoms with Crippen LogP contribution >= 0.6 is 15.9 Å². The van der Waals surface area contributed by atoms with E-state index in [2.05, 4.69) is 53.2 Å². The highest BCUT2D eigenvalue weighted by Crippen LogP contribution is 2.60. The number of hydrogen-bond acceptors (Lipinski definition) is 8. The molecule has 1 unspecified atom stereocenters. The van der Waals surface area contributed by atoms with Gasteiger partial charge in [-0.15, -0.1) is 13.2 Å². The summed E-state index contributed by atoms with van der Waals surface area (Å²) in [6.45, 7) is 13.4. The molecule has 7 atom stereocenters. The molecule has 274 valence electrons. The van der Waals surface area contributed by atoms with Crippen molar-refractivity contribution in [2.75, 3.05) is 49.2 Å². The fourth-order valence-corrected chi connectivity index (χ4v) is 8.81. The van der Waals surface area contributed by atoms with E-state index in [0.29, 0.717) is 18.5 Å². The first-order chi connectivity index (χ1) is 24.6. The number of hydrogen-bond donors (Lipinski definition) is 2. The third-order valence-electron chi connectivity index (χ3n) is 10.2. The number of ether oxygens (including phenoxy) is 2. The zero-order chi connectivity index (χ0) is 36.7.